The third-order valence-corrected chi connectivity index (χ3v) is 4.39. The zero-order chi connectivity index (χ0) is 9.76. The number of aliphatic hydroxyl groups excluding tert-OH is 1. The predicted octanol–water partition coefficient (Wildman–Crippen LogP) is 2.65. The Morgan fingerprint density at radius 3 is 3.07 bits per heavy atom. The van der Waals surface area contributed by atoms with E-state index in [4.69, 9.17) is 0 Å². The van der Waals surface area contributed by atoms with Gasteiger partial charge in [0, 0.05) is 16.5 Å². The number of halogens is 1. The van der Waals surface area contributed by atoms with E-state index < -0.39 is 0 Å². The molecule has 1 aromatic carbocycles. The molecule has 1 spiro atoms. The first-order valence-corrected chi connectivity index (χ1v) is 5.95. The van der Waals surface area contributed by atoms with E-state index in [-0.39, 0.29) is 0 Å². The molecule has 1 fully saturated rings. The van der Waals surface area contributed by atoms with Crippen molar-refractivity contribution >= 4 is 15.9 Å². The zero-order valence-corrected chi connectivity index (χ0v) is 9.55. The summed E-state index contributed by atoms with van der Waals surface area (Å²) in [6.45, 7) is 0.357. The second-order valence-corrected chi connectivity index (χ2v) is 5.46. The highest BCUT2D eigenvalue weighted by molar-refractivity contribution is 9.10. The minimum atomic E-state index is 0.357. The molecule has 2 aliphatic carbocycles. The molecule has 0 heterocycles. The van der Waals surface area contributed by atoms with Gasteiger partial charge in [-0.2, -0.15) is 0 Å². The average Bonchev–Trinajstić information content (AvgIpc) is 2.78. The first-order valence-electron chi connectivity index (χ1n) is 5.16. The molecule has 1 nitrogen and oxygen atoms in total. The standard InChI is InChI=1S/C12H13BrO/c13-10-1-2-11-8(5-10)3-4-12(11)6-9(12)7-14/h1-2,5,9,14H,3-4,6-7H2. The monoisotopic (exact) mass is 252 g/mol. The largest absolute Gasteiger partial charge is 0.396 e. The molecule has 1 aromatic rings. The predicted molar refractivity (Wildman–Crippen MR) is 59.3 cm³/mol. The van der Waals surface area contributed by atoms with Crippen molar-refractivity contribution in [2.45, 2.75) is 24.7 Å². The summed E-state index contributed by atoms with van der Waals surface area (Å²) in [5.74, 6) is 0.532. The SMILES string of the molecule is OCC1CC12CCc1cc(Br)ccc12. The van der Waals surface area contributed by atoms with Gasteiger partial charge in [-0.25, -0.2) is 0 Å². The van der Waals surface area contributed by atoms with Crippen LogP contribution in [0.4, 0.5) is 0 Å². The van der Waals surface area contributed by atoms with Crippen LogP contribution >= 0.6 is 15.9 Å². The maximum absolute atomic E-state index is 9.20. The molecule has 0 saturated heterocycles. The molecular formula is C12H13BrO. The van der Waals surface area contributed by atoms with Gasteiger partial charge in [0.2, 0.25) is 0 Å². The van der Waals surface area contributed by atoms with Gasteiger partial charge < -0.3 is 5.11 Å². The highest BCUT2D eigenvalue weighted by Crippen LogP contribution is 2.61. The summed E-state index contributed by atoms with van der Waals surface area (Å²) in [5, 5.41) is 9.20. The topological polar surface area (TPSA) is 20.2 Å². The molecule has 2 heteroatoms. The molecule has 74 valence electrons. The Morgan fingerprint density at radius 2 is 2.36 bits per heavy atom. The first kappa shape index (κ1) is 8.93. The molecule has 2 atom stereocenters. The van der Waals surface area contributed by atoms with Crippen LogP contribution in [0.2, 0.25) is 0 Å². The lowest BCUT2D eigenvalue weighted by molar-refractivity contribution is 0.263. The number of hydrogen-bond donors (Lipinski definition) is 1. The number of hydrogen-bond acceptors (Lipinski definition) is 1. The molecular weight excluding hydrogens is 240 g/mol. The molecule has 0 amide bonds. The molecule has 0 radical (unpaired) electrons. The fraction of sp³-hybridized carbons (Fsp3) is 0.500. The lowest BCUT2D eigenvalue weighted by Gasteiger charge is -2.10. The minimum Gasteiger partial charge on any atom is -0.396 e. The molecule has 2 aliphatic rings. The Labute approximate surface area is 92.3 Å². The maximum atomic E-state index is 9.20. The highest BCUT2D eigenvalue weighted by atomic mass is 79.9. The van der Waals surface area contributed by atoms with Gasteiger partial charge in [-0.1, -0.05) is 22.0 Å². The summed E-state index contributed by atoms with van der Waals surface area (Å²) >= 11 is 3.51. The van der Waals surface area contributed by atoms with Crippen LogP contribution in [0.1, 0.15) is 24.0 Å². The summed E-state index contributed by atoms with van der Waals surface area (Å²) in [5.41, 5.74) is 3.35. The van der Waals surface area contributed by atoms with Crippen molar-refractivity contribution in [3.8, 4) is 0 Å². The molecule has 1 saturated carbocycles. The lowest BCUT2D eigenvalue weighted by atomic mass is 9.96. The van der Waals surface area contributed by atoms with Crippen molar-refractivity contribution in [1.29, 1.82) is 0 Å². The van der Waals surface area contributed by atoms with Crippen molar-refractivity contribution in [2.24, 2.45) is 5.92 Å². The third-order valence-electron chi connectivity index (χ3n) is 3.90. The smallest absolute Gasteiger partial charge is 0.0468 e. The first-order chi connectivity index (χ1) is 6.76. The quantitative estimate of drug-likeness (QED) is 0.815. The zero-order valence-electron chi connectivity index (χ0n) is 7.96. The van der Waals surface area contributed by atoms with Gasteiger partial charge >= 0.3 is 0 Å². The van der Waals surface area contributed by atoms with E-state index in [1.54, 1.807) is 0 Å². The van der Waals surface area contributed by atoms with E-state index in [0.717, 1.165) is 0 Å². The van der Waals surface area contributed by atoms with Gasteiger partial charge in [0.25, 0.3) is 0 Å². The number of benzene rings is 1. The molecule has 1 N–H and O–H groups in total. The summed E-state index contributed by atoms with van der Waals surface area (Å²) in [6.07, 6.45) is 3.62. The van der Waals surface area contributed by atoms with Crippen LogP contribution in [0.3, 0.4) is 0 Å². The second-order valence-electron chi connectivity index (χ2n) is 4.54. The Balaban J connectivity index is 2.04. The Bertz CT molecular complexity index is 388. The maximum Gasteiger partial charge on any atom is 0.0468 e. The van der Waals surface area contributed by atoms with Crippen LogP contribution in [-0.4, -0.2) is 11.7 Å². The highest BCUT2D eigenvalue weighted by Gasteiger charge is 2.57. The molecule has 2 unspecified atom stereocenters. The third kappa shape index (κ3) is 1.04. The summed E-state index contributed by atoms with van der Waals surface area (Å²) in [4.78, 5) is 0. The van der Waals surface area contributed by atoms with Crippen LogP contribution in [0, 0.1) is 5.92 Å². The number of aliphatic hydroxyl groups is 1. The fourth-order valence-corrected chi connectivity index (χ4v) is 3.41. The van der Waals surface area contributed by atoms with Crippen molar-refractivity contribution in [2.75, 3.05) is 6.61 Å². The van der Waals surface area contributed by atoms with Crippen molar-refractivity contribution in [3.63, 3.8) is 0 Å². The molecule has 0 aliphatic heterocycles. The van der Waals surface area contributed by atoms with E-state index in [0.29, 0.717) is 17.9 Å². The lowest BCUT2D eigenvalue weighted by Crippen LogP contribution is -2.06. The van der Waals surface area contributed by atoms with E-state index in [2.05, 4.69) is 34.1 Å². The van der Waals surface area contributed by atoms with Gasteiger partial charge in [0.15, 0.2) is 0 Å². The van der Waals surface area contributed by atoms with E-state index in [1.165, 1.54) is 34.9 Å². The van der Waals surface area contributed by atoms with Crippen LogP contribution in [0.25, 0.3) is 0 Å². The van der Waals surface area contributed by atoms with Crippen molar-refractivity contribution in [3.05, 3.63) is 33.8 Å². The fourth-order valence-electron chi connectivity index (χ4n) is 3.00. The van der Waals surface area contributed by atoms with E-state index >= 15 is 0 Å². The minimum absolute atomic E-state index is 0.357. The van der Waals surface area contributed by atoms with Crippen LogP contribution in [-0.2, 0) is 11.8 Å². The van der Waals surface area contributed by atoms with Gasteiger partial charge in [-0.05, 0) is 48.4 Å². The normalized spacial score (nSPS) is 33.4. The number of rotatable bonds is 1. The van der Waals surface area contributed by atoms with Crippen molar-refractivity contribution in [1.82, 2.24) is 0 Å². The van der Waals surface area contributed by atoms with Crippen LogP contribution in [0.15, 0.2) is 22.7 Å². The summed E-state index contributed by atoms with van der Waals surface area (Å²) in [7, 11) is 0. The Morgan fingerprint density at radius 1 is 1.50 bits per heavy atom. The molecule has 0 bridgehead atoms. The average molecular weight is 253 g/mol. The Hall–Kier alpha value is -0.340. The van der Waals surface area contributed by atoms with Gasteiger partial charge in [0.05, 0.1) is 0 Å². The summed E-state index contributed by atoms with van der Waals surface area (Å²) in [6, 6.07) is 6.59. The van der Waals surface area contributed by atoms with Gasteiger partial charge in [-0.3, -0.25) is 0 Å². The second kappa shape index (κ2) is 2.83. The van der Waals surface area contributed by atoms with E-state index in [9.17, 15) is 5.11 Å². The summed E-state index contributed by atoms with van der Waals surface area (Å²) < 4.78 is 1.18. The van der Waals surface area contributed by atoms with Gasteiger partial charge in [-0.15, -0.1) is 0 Å². The number of fused-ring (bicyclic) bond motifs is 2. The van der Waals surface area contributed by atoms with Crippen molar-refractivity contribution < 1.29 is 5.11 Å². The molecule has 14 heavy (non-hydrogen) atoms. The molecule has 0 aromatic heterocycles. The molecule has 3 rings (SSSR count). The Kier molecular flexibility index (Phi) is 1.80. The van der Waals surface area contributed by atoms with Crippen LogP contribution < -0.4 is 0 Å². The van der Waals surface area contributed by atoms with E-state index in [1.807, 2.05) is 0 Å². The van der Waals surface area contributed by atoms with Crippen LogP contribution in [0.5, 0.6) is 0 Å². The number of aryl methyl sites for hydroxylation is 1. The van der Waals surface area contributed by atoms with Gasteiger partial charge in [0.1, 0.15) is 0 Å².